The summed E-state index contributed by atoms with van der Waals surface area (Å²) in [7, 11) is 0. The Balaban J connectivity index is 1.97. The lowest BCUT2D eigenvalue weighted by atomic mass is 9.91. The second-order valence-electron chi connectivity index (χ2n) is 4.22. The van der Waals surface area contributed by atoms with E-state index in [0.717, 1.165) is 25.9 Å². The SMILES string of the molecule is FC(F)(CC1CCCNC1)c1cc[nH]c1. The van der Waals surface area contributed by atoms with Crippen LogP contribution in [0.4, 0.5) is 8.78 Å². The number of aromatic nitrogens is 1. The van der Waals surface area contributed by atoms with Gasteiger partial charge in [-0.05, 0) is 37.9 Å². The largest absolute Gasteiger partial charge is 0.367 e. The smallest absolute Gasteiger partial charge is 0.275 e. The number of nitrogens with one attached hydrogen (secondary N) is 2. The van der Waals surface area contributed by atoms with Crippen molar-refractivity contribution in [3.8, 4) is 0 Å². The molecule has 0 aliphatic carbocycles. The highest BCUT2D eigenvalue weighted by molar-refractivity contribution is 5.15. The summed E-state index contributed by atoms with van der Waals surface area (Å²) < 4.78 is 27.5. The van der Waals surface area contributed by atoms with Crippen LogP contribution in [0, 0.1) is 5.92 Å². The predicted molar refractivity (Wildman–Crippen MR) is 54.9 cm³/mol. The van der Waals surface area contributed by atoms with Gasteiger partial charge in [0, 0.05) is 24.4 Å². The van der Waals surface area contributed by atoms with Crippen molar-refractivity contribution in [1.29, 1.82) is 0 Å². The fraction of sp³-hybridized carbons (Fsp3) is 0.636. The number of hydrogen-bond acceptors (Lipinski definition) is 1. The van der Waals surface area contributed by atoms with Gasteiger partial charge >= 0.3 is 0 Å². The summed E-state index contributed by atoms with van der Waals surface area (Å²) in [4.78, 5) is 2.68. The van der Waals surface area contributed by atoms with Crippen LogP contribution in [-0.2, 0) is 5.92 Å². The Labute approximate surface area is 88.1 Å². The van der Waals surface area contributed by atoms with E-state index < -0.39 is 5.92 Å². The summed E-state index contributed by atoms with van der Waals surface area (Å²) in [5, 5.41) is 3.16. The maximum atomic E-state index is 13.7. The van der Waals surface area contributed by atoms with Crippen molar-refractivity contribution < 1.29 is 8.78 Å². The Morgan fingerprint density at radius 1 is 1.47 bits per heavy atom. The van der Waals surface area contributed by atoms with Crippen LogP contribution in [0.5, 0.6) is 0 Å². The molecule has 1 fully saturated rings. The minimum Gasteiger partial charge on any atom is -0.367 e. The van der Waals surface area contributed by atoms with E-state index in [9.17, 15) is 8.78 Å². The van der Waals surface area contributed by atoms with Gasteiger partial charge in [0.25, 0.3) is 5.92 Å². The van der Waals surface area contributed by atoms with E-state index in [-0.39, 0.29) is 17.9 Å². The first kappa shape index (κ1) is 10.6. The fourth-order valence-corrected chi connectivity index (χ4v) is 2.13. The molecule has 1 unspecified atom stereocenters. The van der Waals surface area contributed by atoms with Crippen LogP contribution in [0.2, 0.25) is 0 Å². The first-order chi connectivity index (χ1) is 7.18. The molecule has 1 aromatic rings. The maximum Gasteiger partial charge on any atom is 0.275 e. The standard InChI is InChI=1S/C11H16F2N2/c12-11(13,10-3-5-15-8-10)6-9-2-1-4-14-7-9/h3,5,8-9,14-15H,1-2,4,6-7H2. The van der Waals surface area contributed by atoms with E-state index in [1.807, 2.05) is 0 Å². The minimum atomic E-state index is -2.69. The van der Waals surface area contributed by atoms with E-state index in [2.05, 4.69) is 10.3 Å². The first-order valence-electron chi connectivity index (χ1n) is 5.40. The van der Waals surface area contributed by atoms with Crippen molar-refractivity contribution in [2.45, 2.75) is 25.2 Å². The van der Waals surface area contributed by atoms with Gasteiger partial charge in [0.05, 0.1) is 0 Å². The Kier molecular flexibility index (Phi) is 3.05. The second-order valence-corrected chi connectivity index (χ2v) is 4.22. The molecular formula is C11H16F2N2. The van der Waals surface area contributed by atoms with E-state index in [0.29, 0.717) is 0 Å². The van der Waals surface area contributed by atoms with Crippen molar-refractivity contribution >= 4 is 0 Å². The molecule has 0 saturated carbocycles. The lowest BCUT2D eigenvalue weighted by Gasteiger charge is -2.26. The van der Waals surface area contributed by atoms with Gasteiger partial charge < -0.3 is 10.3 Å². The number of rotatable bonds is 3. The monoisotopic (exact) mass is 214 g/mol. The lowest BCUT2D eigenvalue weighted by Crippen LogP contribution is -2.33. The molecule has 15 heavy (non-hydrogen) atoms. The van der Waals surface area contributed by atoms with E-state index in [4.69, 9.17) is 0 Å². The molecule has 1 saturated heterocycles. The fourth-order valence-electron chi connectivity index (χ4n) is 2.13. The topological polar surface area (TPSA) is 27.8 Å². The number of hydrogen-bond donors (Lipinski definition) is 2. The minimum absolute atomic E-state index is 0.0438. The third-order valence-electron chi connectivity index (χ3n) is 2.96. The summed E-state index contributed by atoms with van der Waals surface area (Å²) in [6, 6.07) is 1.45. The summed E-state index contributed by atoms with van der Waals surface area (Å²) in [6.07, 6.45) is 4.80. The maximum absolute atomic E-state index is 13.7. The molecule has 1 aliphatic rings. The van der Waals surface area contributed by atoms with Gasteiger partial charge in [-0.15, -0.1) is 0 Å². The number of piperidine rings is 1. The summed E-state index contributed by atoms with van der Waals surface area (Å²) in [5.41, 5.74) is 0.105. The molecule has 2 heterocycles. The predicted octanol–water partition coefficient (Wildman–Crippen LogP) is 2.50. The molecule has 0 spiro atoms. The number of aromatic amines is 1. The molecule has 1 aliphatic heterocycles. The van der Waals surface area contributed by atoms with Gasteiger partial charge in [-0.1, -0.05) is 0 Å². The zero-order chi connectivity index (χ0) is 10.7. The number of alkyl halides is 2. The first-order valence-corrected chi connectivity index (χ1v) is 5.40. The van der Waals surface area contributed by atoms with Gasteiger partial charge in [0.15, 0.2) is 0 Å². The Morgan fingerprint density at radius 3 is 2.93 bits per heavy atom. The highest BCUT2D eigenvalue weighted by atomic mass is 19.3. The van der Waals surface area contributed by atoms with Crippen LogP contribution in [0.15, 0.2) is 18.5 Å². The molecule has 4 heteroatoms. The second kappa shape index (κ2) is 4.31. The van der Waals surface area contributed by atoms with Gasteiger partial charge in [-0.3, -0.25) is 0 Å². The van der Waals surface area contributed by atoms with Crippen LogP contribution < -0.4 is 5.32 Å². The summed E-state index contributed by atoms with van der Waals surface area (Å²) in [5.74, 6) is -2.59. The van der Waals surface area contributed by atoms with Crippen LogP contribution in [0.25, 0.3) is 0 Å². The Hall–Kier alpha value is -0.900. The molecular weight excluding hydrogens is 198 g/mol. The van der Waals surface area contributed by atoms with Crippen LogP contribution in [0.1, 0.15) is 24.8 Å². The van der Waals surface area contributed by atoms with Crippen molar-refractivity contribution in [1.82, 2.24) is 10.3 Å². The molecule has 1 aromatic heterocycles. The molecule has 0 aromatic carbocycles. The van der Waals surface area contributed by atoms with E-state index in [1.54, 1.807) is 6.20 Å². The van der Waals surface area contributed by atoms with Crippen molar-refractivity contribution in [3.05, 3.63) is 24.0 Å². The average molecular weight is 214 g/mol. The van der Waals surface area contributed by atoms with Gasteiger partial charge in [-0.2, -0.15) is 0 Å². The van der Waals surface area contributed by atoms with Gasteiger partial charge in [0.1, 0.15) is 0 Å². The van der Waals surface area contributed by atoms with E-state index >= 15 is 0 Å². The number of H-pyrrole nitrogens is 1. The van der Waals surface area contributed by atoms with Crippen LogP contribution in [-0.4, -0.2) is 18.1 Å². The van der Waals surface area contributed by atoms with Crippen LogP contribution in [0.3, 0.4) is 0 Å². The van der Waals surface area contributed by atoms with Crippen molar-refractivity contribution in [2.24, 2.45) is 5.92 Å². The van der Waals surface area contributed by atoms with Gasteiger partial charge in [0.2, 0.25) is 0 Å². The Morgan fingerprint density at radius 2 is 2.33 bits per heavy atom. The molecule has 0 amide bonds. The third-order valence-corrected chi connectivity index (χ3v) is 2.96. The average Bonchev–Trinajstić information content (AvgIpc) is 2.71. The molecule has 2 nitrogen and oxygen atoms in total. The lowest BCUT2D eigenvalue weighted by molar-refractivity contribution is -0.0316. The van der Waals surface area contributed by atoms with Gasteiger partial charge in [-0.25, -0.2) is 8.78 Å². The quantitative estimate of drug-likeness (QED) is 0.795. The van der Waals surface area contributed by atoms with E-state index in [1.165, 1.54) is 12.3 Å². The number of halogens is 2. The molecule has 0 bridgehead atoms. The van der Waals surface area contributed by atoms with Crippen molar-refractivity contribution in [2.75, 3.05) is 13.1 Å². The zero-order valence-corrected chi connectivity index (χ0v) is 8.60. The Bertz CT molecular complexity index is 290. The molecule has 2 rings (SSSR count). The van der Waals surface area contributed by atoms with Crippen LogP contribution >= 0.6 is 0 Å². The van der Waals surface area contributed by atoms with Crippen molar-refractivity contribution in [3.63, 3.8) is 0 Å². The molecule has 84 valence electrons. The highest BCUT2D eigenvalue weighted by Crippen LogP contribution is 2.36. The summed E-state index contributed by atoms with van der Waals surface area (Å²) in [6.45, 7) is 1.69. The zero-order valence-electron chi connectivity index (χ0n) is 8.60. The third kappa shape index (κ3) is 2.56. The molecule has 0 radical (unpaired) electrons. The summed E-state index contributed by atoms with van der Waals surface area (Å²) >= 11 is 0. The normalized spacial score (nSPS) is 22.9. The molecule has 1 atom stereocenters. The highest BCUT2D eigenvalue weighted by Gasteiger charge is 2.35. The molecule has 2 N–H and O–H groups in total.